The maximum absolute atomic E-state index is 8.72. The van der Waals surface area contributed by atoms with E-state index in [-0.39, 0.29) is 0 Å². The zero-order valence-corrected chi connectivity index (χ0v) is 8.89. The number of hydrogen-bond donors (Lipinski definition) is 0. The average Bonchev–Trinajstić information content (AvgIpc) is 2.20. The quantitative estimate of drug-likeness (QED) is 0.641. The van der Waals surface area contributed by atoms with Crippen LogP contribution >= 0.6 is 0 Å². The molecule has 1 rings (SSSR count). The molecule has 0 fully saturated rings. The van der Waals surface area contributed by atoms with E-state index >= 15 is 0 Å². The molecule has 0 aliphatic rings. The molecule has 1 nitrogen and oxygen atoms in total. The summed E-state index contributed by atoms with van der Waals surface area (Å²) in [6.45, 7) is 8.06. The smallest absolute Gasteiger partial charge is 0.0994 e. The molecular formula is C12H17N. The highest BCUT2D eigenvalue weighted by atomic mass is 14.2. The Morgan fingerprint density at radius 1 is 1.31 bits per heavy atom. The standard InChI is InChI=1S/C10H11N.C2H6/c1-3-9-5-4-8(2)6-10(9)7-11;1-2/h4-6H,3H2,1-2H3;1-2H3. The number of hydrogen-bond acceptors (Lipinski definition) is 1. The topological polar surface area (TPSA) is 23.8 Å². The van der Waals surface area contributed by atoms with Gasteiger partial charge in [0, 0.05) is 0 Å². The van der Waals surface area contributed by atoms with Crippen LogP contribution in [0.15, 0.2) is 18.2 Å². The third-order valence-electron chi connectivity index (χ3n) is 1.77. The summed E-state index contributed by atoms with van der Waals surface area (Å²) < 4.78 is 0. The highest BCUT2D eigenvalue weighted by Gasteiger charge is 1.97. The molecule has 0 aromatic heterocycles. The van der Waals surface area contributed by atoms with Gasteiger partial charge in [0.25, 0.3) is 0 Å². The number of nitrogens with zero attached hydrogens (tertiary/aromatic N) is 1. The van der Waals surface area contributed by atoms with Crippen molar-refractivity contribution in [3.05, 3.63) is 34.9 Å². The van der Waals surface area contributed by atoms with Crippen LogP contribution in [0, 0.1) is 18.3 Å². The lowest BCUT2D eigenvalue weighted by Crippen LogP contribution is -1.87. The predicted molar refractivity (Wildman–Crippen MR) is 56.6 cm³/mol. The molecule has 0 unspecified atom stereocenters. The van der Waals surface area contributed by atoms with Gasteiger partial charge in [0.15, 0.2) is 0 Å². The van der Waals surface area contributed by atoms with Gasteiger partial charge in [-0.15, -0.1) is 0 Å². The Balaban J connectivity index is 0.000000671. The Bertz CT molecular complexity index is 294. The van der Waals surface area contributed by atoms with E-state index in [0.717, 1.165) is 23.1 Å². The van der Waals surface area contributed by atoms with Gasteiger partial charge in [-0.1, -0.05) is 32.9 Å². The molecule has 0 atom stereocenters. The van der Waals surface area contributed by atoms with Crippen molar-refractivity contribution >= 4 is 0 Å². The van der Waals surface area contributed by atoms with Crippen molar-refractivity contribution in [2.75, 3.05) is 0 Å². The van der Waals surface area contributed by atoms with E-state index in [1.54, 1.807) is 0 Å². The highest BCUT2D eigenvalue weighted by Crippen LogP contribution is 2.10. The molecule has 0 amide bonds. The third kappa shape index (κ3) is 3.29. The minimum Gasteiger partial charge on any atom is -0.192 e. The van der Waals surface area contributed by atoms with Crippen LogP contribution in [-0.2, 0) is 6.42 Å². The summed E-state index contributed by atoms with van der Waals surface area (Å²) in [5.41, 5.74) is 3.10. The van der Waals surface area contributed by atoms with Crippen LogP contribution in [0.5, 0.6) is 0 Å². The van der Waals surface area contributed by atoms with Gasteiger partial charge in [-0.05, 0) is 30.5 Å². The summed E-state index contributed by atoms with van der Waals surface area (Å²) in [5, 5.41) is 8.72. The first-order valence-corrected chi connectivity index (χ1v) is 4.77. The SMILES string of the molecule is CC.CCc1ccc(C)cc1C#N. The summed E-state index contributed by atoms with van der Waals surface area (Å²) >= 11 is 0. The lowest BCUT2D eigenvalue weighted by molar-refractivity contribution is 1.12. The van der Waals surface area contributed by atoms with Gasteiger partial charge in [-0.25, -0.2) is 0 Å². The van der Waals surface area contributed by atoms with Gasteiger partial charge in [-0.2, -0.15) is 5.26 Å². The Kier molecular flexibility index (Phi) is 5.63. The van der Waals surface area contributed by atoms with E-state index in [1.807, 2.05) is 39.0 Å². The normalized spacial score (nSPS) is 8.23. The van der Waals surface area contributed by atoms with Gasteiger partial charge in [0.2, 0.25) is 0 Å². The fraction of sp³-hybridized carbons (Fsp3) is 0.417. The largest absolute Gasteiger partial charge is 0.192 e. The van der Waals surface area contributed by atoms with Crippen LogP contribution in [-0.4, -0.2) is 0 Å². The lowest BCUT2D eigenvalue weighted by atomic mass is 10.0. The zero-order chi connectivity index (χ0) is 10.3. The van der Waals surface area contributed by atoms with Crippen molar-refractivity contribution in [3.63, 3.8) is 0 Å². The predicted octanol–water partition coefficient (Wildman–Crippen LogP) is 3.46. The Labute approximate surface area is 81.0 Å². The Morgan fingerprint density at radius 2 is 1.92 bits per heavy atom. The molecule has 1 heteroatoms. The van der Waals surface area contributed by atoms with E-state index < -0.39 is 0 Å². The third-order valence-corrected chi connectivity index (χ3v) is 1.77. The molecule has 0 heterocycles. The fourth-order valence-electron chi connectivity index (χ4n) is 1.10. The summed E-state index contributed by atoms with van der Waals surface area (Å²) in [6.07, 6.45) is 0.934. The number of nitriles is 1. The Morgan fingerprint density at radius 3 is 2.38 bits per heavy atom. The van der Waals surface area contributed by atoms with Crippen LogP contribution in [0.25, 0.3) is 0 Å². The van der Waals surface area contributed by atoms with Crippen molar-refractivity contribution in [1.29, 1.82) is 5.26 Å². The molecule has 0 N–H and O–H groups in total. The lowest BCUT2D eigenvalue weighted by Gasteiger charge is -1.99. The monoisotopic (exact) mass is 175 g/mol. The molecule has 0 bridgehead atoms. The van der Waals surface area contributed by atoms with E-state index in [2.05, 4.69) is 13.0 Å². The number of benzene rings is 1. The molecule has 0 aliphatic heterocycles. The molecule has 1 aromatic rings. The molecular weight excluding hydrogens is 158 g/mol. The zero-order valence-electron chi connectivity index (χ0n) is 8.89. The molecule has 0 saturated heterocycles. The van der Waals surface area contributed by atoms with Gasteiger partial charge in [0.1, 0.15) is 0 Å². The first-order chi connectivity index (χ1) is 6.27. The molecule has 13 heavy (non-hydrogen) atoms. The second kappa shape index (κ2) is 6.25. The van der Waals surface area contributed by atoms with Crippen LogP contribution in [0.1, 0.15) is 37.5 Å². The fourth-order valence-corrected chi connectivity index (χ4v) is 1.10. The molecule has 0 spiro atoms. The molecule has 0 saturated carbocycles. The van der Waals surface area contributed by atoms with E-state index in [0.29, 0.717) is 0 Å². The van der Waals surface area contributed by atoms with Crippen molar-refractivity contribution in [2.24, 2.45) is 0 Å². The van der Waals surface area contributed by atoms with Gasteiger partial charge in [-0.3, -0.25) is 0 Å². The number of rotatable bonds is 1. The van der Waals surface area contributed by atoms with Gasteiger partial charge < -0.3 is 0 Å². The first kappa shape index (κ1) is 11.7. The van der Waals surface area contributed by atoms with E-state index in [1.165, 1.54) is 0 Å². The molecule has 1 aromatic carbocycles. The van der Waals surface area contributed by atoms with Crippen molar-refractivity contribution in [2.45, 2.75) is 34.1 Å². The van der Waals surface area contributed by atoms with Crippen molar-refractivity contribution < 1.29 is 0 Å². The minimum atomic E-state index is 0.813. The summed E-state index contributed by atoms with van der Waals surface area (Å²) in [5.74, 6) is 0. The number of aryl methyl sites for hydroxylation is 2. The van der Waals surface area contributed by atoms with Crippen molar-refractivity contribution in [3.8, 4) is 6.07 Å². The van der Waals surface area contributed by atoms with E-state index in [9.17, 15) is 0 Å². The molecule has 0 radical (unpaired) electrons. The minimum absolute atomic E-state index is 0.813. The van der Waals surface area contributed by atoms with Crippen LogP contribution in [0.3, 0.4) is 0 Å². The summed E-state index contributed by atoms with van der Waals surface area (Å²) in [4.78, 5) is 0. The first-order valence-electron chi connectivity index (χ1n) is 4.77. The van der Waals surface area contributed by atoms with Crippen LogP contribution < -0.4 is 0 Å². The maximum Gasteiger partial charge on any atom is 0.0994 e. The molecule has 0 aliphatic carbocycles. The van der Waals surface area contributed by atoms with E-state index in [4.69, 9.17) is 5.26 Å². The highest BCUT2D eigenvalue weighted by molar-refractivity contribution is 5.40. The van der Waals surface area contributed by atoms with Gasteiger partial charge >= 0.3 is 0 Å². The van der Waals surface area contributed by atoms with Gasteiger partial charge in [0.05, 0.1) is 11.6 Å². The summed E-state index contributed by atoms with van der Waals surface area (Å²) in [7, 11) is 0. The summed E-state index contributed by atoms with van der Waals surface area (Å²) in [6, 6.07) is 8.18. The van der Waals surface area contributed by atoms with Crippen molar-refractivity contribution in [1.82, 2.24) is 0 Å². The maximum atomic E-state index is 8.72. The Hall–Kier alpha value is -1.29. The average molecular weight is 175 g/mol. The van der Waals surface area contributed by atoms with Crippen LogP contribution in [0.4, 0.5) is 0 Å². The molecule has 70 valence electrons. The second-order valence-corrected chi connectivity index (χ2v) is 2.63. The second-order valence-electron chi connectivity index (χ2n) is 2.63. The van der Waals surface area contributed by atoms with Crippen LogP contribution in [0.2, 0.25) is 0 Å².